The summed E-state index contributed by atoms with van der Waals surface area (Å²) in [5.74, 6) is 2.16. The average molecular weight is 451 g/mol. The van der Waals surface area contributed by atoms with Gasteiger partial charge in [0, 0.05) is 35.3 Å². The van der Waals surface area contributed by atoms with E-state index < -0.39 is 0 Å². The molecular weight excluding hydrogens is 424 g/mol. The normalized spacial score (nSPS) is 10.9. The molecule has 0 aliphatic heterocycles. The van der Waals surface area contributed by atoms with Gasteiger partial charge < -0.3 is 20.1 Å². The van der Waals surface area contributed by atoms with Crippen LogP contribution < -0.4 is 25.4 Å². The second-order valence-corrected chi connectivity index (χ2v) is 7.34. The van der Waals surface area contributed by atoms with E-state index in [0.717, 1.165) is 17.0 Å². The van der Waals surface area contributed by atoms with Crippen LogP contribution in [0.1, 0.15) is 17.0 Å². The van der Waals surface area contributed by atoms with Crippen LogP contribution in [-0.2, 0) is 6.54 Å². The fraction of sp³-hybridized carbons (Fsp3) is 0.217. The van der Waals surface area contributed by atoms with Crippen LogP contribution in [0.2, 0.25) is 0 Å². The number of nitrogens with one attached hydrogen (secondary N) is 3. The van der Waals surface area contributed by atoms with Crippen molar-refractivity contribution in [1.82, 2.24) is 15.3 Å². The van der Waals surface area contributed by atoms with E-state index in [-0.39, 0.29) is 0 Å². The Morgan fingerprint density at radius 3 is 2.12 bits per heavy atom. The summed E-state index contributed by atoms with van der Waals surface area (Å²) in [5, 5.41) is 9.69. The van der Waals surface area contributed by atoms with E-state index in [9.17, 15) is 0 Å². The van der Waals surface area contributed by atoms with Gasteiger partial charge in [-0.1, -0.05) is 30.3 Å². The number of aryl methyl sites for hydroxylation is 2. The fourth-order valence-electron chi connectivity index (χ4n) is 2.90. The van der Waals surface area contributed by atoms with Gasteiger partial charge in [0.25, 0.3) is 0 Å². The molecule has 32 heavy (non-hydrogen) atoms. The molecule has 1 aromatic heterocycles. The largest absolute Gasteiger partial charge is 0.497 e. The second kappa shape index (κ2) is 11.1. The average Bonchev–Trinajstić information content (AvgIpc) is 2.77. The number of guanidine groups is 1. The van der Waals surface area contributed by atoms with Crippen molar-refractivity contribution in [1.29, 1.82) is 0 Å². The van der Waals surface area contributed by atoms with E-state index in [1.165, 1.54) is 0 Å². The predicted molar refractivity (Wildman–Crippen MR) is 132 cm³/mol. The number of hydrogen-bond acceptors (Lipinski definition) is 6. The van der Waals surface area contributed by atoms with Gasteiger partial charge in [0.1, 0.15) is 11.5 Å². The van der Waals surface area contributed by atoms with Gasteiger partial charge in [-0.15, -0.1) is 0 Å². The molecule has 0 saturated heterocycles. The minimum Gasteiger partial charge on any atom is -0.497 e. The molecule has 3 aromatic rings. The lowest BCUT2D eigenvalue weighted by Crippen LogP contribution is -2.39. The summed E-state index contributed by atoms with van der Waals surface area (Å²) in [6.07, 6.45) is 0. The van der Waals surface area contributed by atoms with E-state index in [4.69, 9.17) is 21.7 Å². The molecule has 0 fully saturated rings. The molecule has 3 N–H and O–H groups in total. The maximum Gasteiger partial charge on any atom is 0.229 e. The zero-order valence-electron chi connectivity index (χ0n) is 18.5. The maximum atomic E-state index is 5.50. The van der Waals surface area contributed by atoms with E-state index in [2.05, 4.69) is 30.9 Å². The molecule has 0 radical (unpaired) electrons. The zero-order valence-corrected chi connectivity index (χ0v) is 19.3. The van der Waals surface area contributed by atoms with Gasteiger partial charge in [0.2, 0.25) is 11.9 Å². The zero-order chi connectivity index (χ0) is 22.9. The number of anilines is 2. The van der Waals surface area contributed by atoms with Crippen molar-refractivity contribution in [3.05, 3.63) is 71.5 Å². The summed E-state index contributed by atoms with van der Waals surface area (Å²) >= 11 is 5.50. The number of thiocarbonyl (C=S) groups is 1. The van der Waals surface area contributed by atoms with Crippen molar-refractivity contribution in [3.63, 3.8) is 0 Å². The second-order valence-electron chi connectivity index (χ2n) is 6.93. The Hall–Kier alpha value is -3.72. The Balaban J connectivity index is 1.78. The van der Waals surface area contributed by atoms with Gasteiger partial charge in [-0.25, -0.2) is 15.0 Å². The smallest absolute Gasteiger partial charge is 0.229 e. The Bertz CT molecular complexity index is 1060. The highest BCUT2D eigenvalue weighted by Crippen LogP contribution is 2.25. The maximum absolute atomic E-state index is 5.50. The van der Waals surface area contributed by atoms with Crippen molar-refractivity contribution >= 4 is 34.9 Å². The highest BCUT2D eigenvalue weighted by atomic mass is 32.1. The molecule has 0 aliphatic carbocycles. The SMILES string of the molecule is COc1cc(NC(=S)NC(=NCc2ccccc2)Nc2nc(C)cc(C)n2)cc(OC)c1. The van der Waals surface area contributed by atoms with E-state index in [1.54, 1.807) is 20.3 Å². The summed E-state index contributed by atoms with van der Waals surface area (Å²) in [7, 11) is 3.19. The lowest BCUT2D eigenvalue weighted by molar-refractivity contribution is 0.395. The third-order valence-corrected chi connectivity index (χ3v) is 4.52. The predicted octanol–water partition coefficient (Wildman–Crippen LogP) is 4.07. The van der Waals surface area contributed by atoms with Gasteiger partial charge >= 0.3 is 0 Å². The van der Waals surface area contributed by atoms with Crippen molar-refractivity contribution in [2.75, 3.05) is 24.9 Å². The van der Waals surface area contributed by atoms with Crippen LogP contribution in [0.15, 0.2) is 59.6 Å². The summed E-state index contributed by atoms with van der Waals surface area (Å²) in [5.41, 5.74) is 3.48. The molecule has 0 unspecified atom stereocenters. The van der Waals surface area contributed by atoms with Gasteiger partial charge in [0.15, 0.2) is 5.11 Å². The molecule has 2 aromatic carbocycles. The Kier molecular flexibility index (Phi) is 7.93. The molecule has 0 saturated carbocycles. The quantitative estimate of drug-likeness (QED) is 0.294. The number of aromatic nitrogens is 2. The minimum absolute atomic E-state index is 0.337. The van der Waals surface area contributed by atoms with Crippen LogP contribution in [0.5, 0.6) is 11.5 Å². The number of aliphatic imine (C=N–C) groups is 1. The van der Waals surface area contributed by atoms with Gasteiger partial charge in [0.05, 0.1) is 20.8 Å². The fourth-order valence-corrected chi connectivity index (χ4v) is 3.12. The first-order chi connectivity index (χ1) is 15.4. The minimum atomic E-state index is 0.337. The molecule has 0 amide bonds. The Morgan fingerprint density at radius 1 is 0.906 bits per heavy atom. The van der Waals surface area contributed by atoms with Crippen LogP contribution in [0.25, 0.3) is 0 Å². The molecule has 9 heteroatoms. The molecule has 166 valence electrons. The summed E-state index contributed by atoms with van der Waals surface area (Å²) < 4.78 is 10.6. The molecule has 0 spiro atoms. The van der Waals surface area contributed by atoms with E-state index in [1.807, 2.05) is 62.4 Å². The molecular formula is C23H26N6O2S. The van der Waals surface area contributed by atoms with Crippen LogP contribution in [0.3, 0.4) is 0 Å². The van der Waals surface area contributed by atoms with Crippen LogP contribution in [0, 0.1) is 13.8 Å². The highest BCUT2D eigenvalue weighted by Gasteiger charge is 2.09. The number of ether oxygens (including phenoxy) is 2. The van der Waals surface area contributed by atoms with Crippen molar-refractivity contribution < 1.29 is 9.47 Å². The lowest BCUT2D eigenvalue weighted by Gasteiger charge is -2.15. The molecule has 8 nitrogen and oxygen atoms in total. The van der Waals surface area contributed by atoms with Gasteiger partial charge in [-0.05, 0) is 37.7 Å². The van der Waals surface area contributed by atoms with Gasteiger partial charge in [-0.2, -0.15) is 0 Å². The first kappa shape index (κ1) is 23.0. The molecule has 0 atom stereocenters. The van der Waals surface area contributed by atoms with Crippen LogP contribution in [0.4, 0.5) is 11.6 Å². The lowest BCUT2D eigenvalue weighted by atomic mass is 10.2. The monoisotopic (exact) mass is 450 g/mol. The molecule has 3 rings (SSSR count). The van der Waals surface area contributed by atoms with E-state index >= 15 is 0 Å². The van der Waals surface area contributed by atoms with Crippen molar-refractivity contribution in [3.8, 4) is 11.5 Å². The number of benzene rings is 2. The molecule has 0 aliphatic rings. The standard InChI is InChI=1S/C23H26N6O2S/c1-15-10-16(2)26-22(25-15)28-21(24-14-17-8-6-5-7-9-17)29-23(32)27-18-11-19(30-3)13-20(12-18)31-4/h5-13H,14H2,1-4H3,(H3,24,25,26,27,28,29,32). The number of methoxy groups -OCH3 is 2. The first-order valence-corrected chi connectivity index (χ1v) is 10.3. The van der Waals surface area contributed by atoms with Crippen LogP contribution in [-0.4, -0.2) is 35.3 Å². The first-order valence-electron chi connectivity index (χ1n) is 9.94. The van der Waals surface area contributed by atoms with Crippen molar-refractivity contribution in [2.45, 2.75) is 20.4 Å². The van der Waals surface area contributed by atoms with E-state index in [0.29, 0.717) is 40.8 Å². The Labute approximate surface area is 193 Å². The number of rotatable bonds is 6. The molecule has 1 heterocycles. The summed E-state index contributed by atoms with van der Waals surface area (Å²) in [6.45, 7) is 4.28. The third-order valence-electron chi connectivity index (χ3n) is 4.32. The topological polar surface area (TPSA) is 92.7 Å². The number of hydrogen-bond donors (Lipinski definition) is 3. The van der Waals surface area contributed by atoms with Gasteiger partial charge in [-0.3, -0.25) is 5.32 Å². The summed E-state index contributed by atoms with van der Waals surface area (Å²) in [6, 6.07) is 17.3. The van der Waals surface area contributed by atoms with Crippen LogP contribution >= 0.6 is 12.2 Å². The highest BCUT2D eigenvalue weighted by molar-refractivity contribution is 7.80. The Morgan fingerprint density at radius 2 is 1.53 bits per heavy atom. The van der Waals surface area contributed by atoms with Crippen molar-refractivity contribution in [2.24, 2.45) is 4.99 Å². The molecule has 0 bridgehead atoms. The summed E-state index contributed by atoms with van der Waals surface area (Å²) in [4.78, 5) is 13.5. The number of nitrogens with zero attached hydrogens (tertiary/aromatic N) is 3. The third kappa shape index (κ3) is 6.92.